The van der Waals surface area contributed by atoms with Crippen molar-refractivity contribution in [1.82, 2.24) is 4.90 Å². The zero-order valence-corrected chi connectivity index (χ0v) is 10.4. The number of hydrogen-bond acceptors (Lipinski definition) is 3. The number of rotatable bonds is 7. The van der Waals surface area contributed by atoms with Gasteiger partial charge in [0.2, 0.25) is 5.91 Å². The van der Waals surface area contributed by atoms with Crippen molar-refractivity contribution in [3.8, 4) is 0 Å². The third-order valence-corrected chi connectivity index (χ3v) is 2.31. The van der Waals surface area contributed by atoms with Crippen molar-refractivity contribution >= 4 is 11.9 Å². The summed E-state index contributed by atoms with van der Waals surface area (Å²) in [5, 5.41) is 0. The lowest BCUT2D eigenvalue weighted by Crippen LogP contribution is -2.43. The predicted molar refractivity (Wildman–Crippen MR) is 62.9 cm³/mol. The zero-order valence-electron chi connectivity index (χ0n) is 10.4. The summed E-state index contributed by atoms with van der Waals surface area (Å²) in [7, 11) is 0. The van der Waals surface area contributed by atoms with Crippen LogP contribution in [-0.4, -0.2) is 36.0 Å². The molecule has 0 aromatic heterocycles. The lowest BCUT2D eigenvalue weighted by molar-refractivity contribution is -0.152. The Morgan fingerprint density at radius 1 is 1.44 bits per heavy atom. The lowest BCUT2D eigenvalue weighted by Gasteiger charge is -2.26. The van der Waals surface area contributed by atoms with Crippen LogP contribution in [0.15, 0.2) is 12.7 Å². The van der Waals surface area contributed by atoms with E-state index in [2.05, 4.69) is 6.58 Å². The van der Waals surface area contributed by atoms with Crippen LogP contribution in [0.5, 0.6) is 0 Å². The molecule has 4 heteroatoms. The third-order valence-electron chi connectivity index (χ3n) is 2.31. The van der Waals surface area contributed by atoms with Crippen molar-refractivity contribution in [2.75, 3.05) is 13.2 Å². The van der Waals surface area contributed by atoms with E-state index in [-0.39, 0.29) is 11.9 Å². The van der Waals surface area contributed by atoms with Gasteiger partial charge in [-0.15, -0.1) is 0 Å². The molecule has 92 valence electrons. The summed E-state index contributed by atoms with van der Waals surface area (Å²) in [6.45, 7) is 9.77. The SMILES string of the molecule is C=CC(=O)N(CCCC)C(C)C(=O)OCC. The molecule has 0 spiro atoms. The fourth-order valence-electron chi connectivity index (χ4n) is 1.33. The number of esters is 1. The Morgan fingerprint density at radius 2 is 2.06 bits per heavy atom. The van der Waals surface area contributed by atoms with Crippen LogP contribution in [-0.2, 0) is 14.3 Å². The molecule has 0 rings (SSSR count). The predicted octanol–water partition coefficient (Wildman–Crippen LogP) is 1.75. The first-order valence-electron chi connectivity index (χ1n) is 5.68. The van der Waals surface area contributed by atoms with Gasteiger partial charge in [0.25, 0.3) is 0 Å². The minimum absolute atomic E-state index is 0.228. The average Bonchev–Trinajstić information content (AvgIpc) is 2.29. The number of ether oxygens (including phenoxy) is 1. The Morgan fingerprint density at radius 3 is 2.50 bits per heavy atom. The van der Waals surface area contributed by atoms with Crippen LogP contribution in [0.3, 0.4) is 0 Å². The van der Waals surface area contributed by atoms with Gasteiger partial charge in [-0.1, -0.05) is 19.9 Å². The highest BCUT2D eigenvalue weighted by Gasteiger charge is 2.24. The van der Waals surface area contributed by atoms with Gasteiger partial charge in [0.15, 0.2) is 0 Å². The molecular weight excluding hydrogens is 206 g/mol. The first kappa shape index (κ1) is 14.7. The number of nitrogens with zero attached hydrogens (tertiary/aromatic N) is 1. The summed E-state index contributed by atoms with van der Waals surface area (Å²) < 4.78 is 4.89. The van der Waals surface area contributed by atoms with E-state index in [0.717, 1.165) is 12.8 Å². The van der Waals surface area contributed by atoms with Gasteiger partial charge in [-0.05, 0) is 26.3 Å². The van der Waals surface area contributed by atoms with Gasteiger partial charge in [-0.25, -0.2) is 4.79 Å². The summed E-state index contributed by atoms with van der Waals surface area (Å²) >= 11 is 0. The van der Waals surface area contributed by atoms with Crippen LogP contribution >= 0.6 is 0 Å². The molecule has 0 N–H and O–H groups in total. The van der Waals surface area contributed by atoms with E-state index in [1.807, 2.05) is 6.92 Å². The average molecular weight is 227 g/mol. The fourth-order valence-corrected chi connectivity index (χ4v) is 1.33. The highest BCUT2D eigenvalue weighted by Crippen LogP contribution is 2.05. The number of hydrogen-bond donors (Lipinski definition) is 0. The molecule has 0 saturated carbocycles. The number of carbonyl (C=O) groups is 2. The van der Waals surface area contributed by atoms with E-state index >= 15 is 0 Å². The van der Waals surface area contributed by atoms with Crippen molar-refractivity contribution < 1.29 is 14.3 Å². The van der Waals surface area contributed by atoms with E-state index in [0.29, 0.717) is 13.2 Å². The van der Waals surface area contributed by atoms with Crippen LogP contribution in [0, 0.1) is 0 Å². The fraction of sp³-hybridized carbons (Fsp3) is 0.667. The summed E-state index contributed by atoms with van der Waals surface area (Å²) in [5.74, 6) is -0.595. The molecule has 1 atom stereocenters. The Balaban J connectivity index is 4.53. The Bertz CT molecular complexity index is 251. The monoisotopic (exact) mass is 227 g/mol. The van der Waals surface area contributed by atoms with Gasteiger partial charge in [-0.3, -0.25) is 4.79 Å². The largest absolute Gasteiger partial charge is 0.464 e. The molecule has 1 unspecified atom stereocenters. The topological polar surface area (TPSA) is 46.6 Å². The minimum Gasteiger partial charge on any atom is -0.464 e. The number of amides is 1. The number of carbonyl (C=O) groups excluding carboxylic acids is 2. The van der Waals surface area contributed by atoms with Crippen molar-refractivity contribution in [2.45, 2.75) is 39.7 Å². The molecular formula is C12H21NO3. The zero-order chi connectivity index (χ0) is 12.6. The first-order valence-corrected chi connectivity index (χ1v) is 5.68. The molecule has 0 heterocycles. The molecule has 0 aliphatic heterocycles. The standard InChI is InChI=1S/C12H21NO3/c1-5-8-9-13(11(14)6-2)10(4)12(15)16-7-3/h6,10H,2,5,7-9H2,1,3-4H3. The minimum atomic E-state index is -0.544. The second-order valence-electron chi connectivity index (χ2n) is 3.52. The van der Waals surface area contributed by atoms with Crippen molar-refractivity contribution in [2.24, 2.45) is 0 Å². The molecule has 0 bridgehead atoms. The molecule has 0 aliphatic carbocycles. The van der Waals surface area contributed by atoms with Crippen LogP contribution in [0.2, 0.25) is 0 Å². The Hall–Kier alpha value is -1.32. The lowest BCUT2D eigenvalue weighted by atomic mass is 10.2. The van der Waals surface area contributed by atoms with E-state index in [1.54, 1.807) is 13.8 Å². The summed E-state index contributed by atoms with van der Waals surface area (Å²) in [4.78, 5) is 24.6. The van der Waals surface area contributed by atoms with Crippen LogP contribution in [0.1, 0.15) is 33.6 Å². The quantitative estimate of drug-likeness (QED) is 0.492. The van der Waals surface area contributed by atoms with Gasteiger partial charge < -0.3 is 9.64 Å². The normalized spacial score (nSPS) is 11.7. The first-order chi connectivity index (χ1) is 7.58. The summed E-state index contributed by atoms with van der Waals surface area (Å²) in [6.07, 6.45) is 3.06. The van der Waals surface area contributed by atoms with Crippen molar-refractivity contribution in [1.29, 1.82) is 0 Å². The molecule has 0 aromatic rings. The molecule has 0 saturated heterocycles. The van der Waals surface area contributed by atoms with E-state index in [9.17, 15) is 9.59 Å². The second kappa shape index (κ2) is 7.91. The molecule has 4 nitrogen and oxygen atoms in total. The van der Waals surface area contributed by atoms with Crippen LogP contribution < -0.4 is 0 Å². The van der Waals surface area contributed by atoms with Crippen molar-refractivity contribution in [3.63, 3.8) is 0 Å². The molecule has 0 fully saturated rings. The number of unbranched alkanes of at least 4 members (excludes halogenated alkanes) is 1. The van der Waals surface area contributed by atoms with Gasteiger partial charge in [0, 0.05) is 6.54 Å². The van der Waals surface area contributed by atoms with Crippen molar-refractivity contribution in [3.05, 3.63) is 12.7 Å². The van der Waals surface area contributed by atoms with Gasteiger partial charge >= 0.3 is 5.97 Å². The van der Waals surface area contributed by atoms with Gasteiger partial charge in [-0.2, -0.15) is 0 Å². The molecule has 0 aromatic carbocycles. The van der Waals surface area contributed by atoms with E-state index in [4.69, 9.17) is 4.74 Å². The van der Waals surface area contributed by atoms with E-state index in [1.165, 1.54) is 11.0 Å². The Kier molecular flexibility index (Phi) is 7.25. The maximum atomic E-state index is 11.6. The molecule has 0 radical (unpaired) electrons. The maximum absolute atomic E-state index is 11.6. The second-order valence-corrected chi connectivity index (χ2v) is 3.52. The van der Waals surface area contributed by atoms with Gasteiger partial charge in [0.1, 0.15) is 6.04 Å². The Labute approximate surface area is 97.3 Å². The maximum Gasteiger partial charge on any atom is 0.328 e. The molecule has 0 aliphatic rings. The molecule has 16 heavy (non-hydrogen) atoms. The van der Waals surface area contributed by atoms with Crippen LogP contribution in [0.4, 0.5) is 0 Å². The smallest absolute Gasteiger partial charge is 0.328 e. The summed E-state index contributed by atoms with van der Waals surface area (Å²) in [6, 6.07) is -0.544. The third kappa shape index (κ3) is 4.47. The molecule has 1 amide bonds. The van der Waals surface area contributed by atoms with E-state index < -0.39 is 6.04 Å². The highest BCUT2D eigenvalue weighted by molar-refractivity contribution is 5.91. The van der Waals surface area contributed by atoms with Crippen LogP contribution in [0.25, 0.3) is 0 Å². The summed E-state index contributed by atoms with van der Waals surface area (Å²) in [5.41, 5.74) is 0. The van der Waals surface area contributed by atoms with Gasteiger partial charge in [0.05, 0.1) is 6.61 Å². The highest BCUT2D eigenvalue weighted by atomic mass is 16.5.